The van der Waals surface area contributed by atoms with E-state index in [1.54, 1.807) is 0 Å². The highest BCUT2D eigenvalue weighted by atomic mass is 32.2. The molecule has 2 aromatic rings. The molecule has 134 valence electrons. The number of nitrogens with one attached hydrogen (secondary N) is 2. The van der Waals surface area contributed by atoms with Crippen molar-refractivity contribution in [2.24, 2.45) is 5.92 Å². The second kappa shape index (κ2) is 6.97. The van der Waals surface area contributed by atoms with Crippen LogP contribution < -0.4 is 5.32 Å². The zero-order valence-corrected chi connectivity index (χ0v) is 15.1. The summed E-state index contributed by atoms with van der Waals surface area (Å²) in [6.07, 6.45) is 3.95. The van der Waals surface area contributed by atoms with E-state index < -0.39 is 10.0 Å². The van der Waals surface area contributed by atoms with Gasteiger partial charge in [0.25, 0.3) is 10.0 Å². The Hall–Kier alpha value is -2.19. The highest BCUT2D eigenvalue weighted by Crippen LogP contribution is 2.24. The maximum Gasteiger partial charge on any atom is 0.260 e. The first-order valence-corrected chi connectivity index (χ1v) is 9.68. The molecule has 0 spiro atoms. The van der Waals surface area contributed by atoms with Gasteiger partial charge < -0.3 is 10.3 Å². The van der Waals surface area contributed by atoms with Gasteiger partial charge in [0.2, 0.25) is 5.91 Å². The van der Waals surface area contributed by atoms with Crippen LogP contribution in [0.15, 0.2) is 35.7 Å². The molecule has 1 aliphatic rings. The maximum atomic E-state index is 12.6. The summed E-state index contributed by atoms with van der Waals surface area (Å²) < 4.78 is 26.6. The van der Waals surface area contributed by atoms with Crippen molar-refractivity contribution in [1.29, 1.82) is 0 Å². The van der Waals surface area contributed by atoms with Crippen LogP contribution in [0.2, 0.25) is 0 Å². The van der Waals surface area contributed by atoms with Crippen LogP contribution in [0.5, 0.6) is 0 Å². The number of benzene rings is 1. The SMILES string of the molecule is Cc1ccc(C)c(NC(=O)[C@@H]2CCCN(S(=O)(=O)c3cnc[nH]3)C2)c1. The number of anilines is 1. The third-order valence-electron chi connectivity index (χ3n) is 4.50. The van der Waals surface area contributed by atoms with E-state index in [1.807, 2.05) is 32.0 Å². The van der Waals surface area contributed by atoms with Crippen LogP contribution in [-0.4, -0.2) is 41.7 Å². The Morgan fingerprint density at radius 2 is 2.16 bits per heavy atom. The first-order chi connectivity index (χ1) is 11.9. The van der Waals surface area contributed by atoms with Crippen molar-refractivity contribution in [1.82, 2.24) is 14.3 Å². The molecule has 1 saturated heterocycles. The van der Waals surface area contributed by atoms with E-state index in [2.05, 4.69) is 15.3 Å². The smallest absolute Gasteiger partial charge is 0.260 e. The molecule has 3 rings (SSSR count). The molecule has 0 radical (unpaired) electrons. The Bertz CT molecular complexity index is 862. The molecule has 1 atom stereocenters. The van der Waals surface area contributed by atoms with E-state index in [0.717, 1.165) is 16.8 Å². The van der Waals surface area contributed by atoms with Gasteiger partial charge in [0.05, 0.1) is 18.4 Å². The van der Waals surface area contributed by atoms with Gasteiger partial charge in [0, 0.05) is 18.8 Å². The predicted molar refractivity (Wildman–Crippen MR) is 94.6 cm³/mol. The lowest BCUT2D eigenvalue weighted by Crippen LogP contribution is -2.43. The second-order valence-corrected chi connectivity index (χ2v) is 8.33. The van der Waals surface area contributed by atoms with Gasteiger partial charge in [-0.05, 0) is 43.9 Å². The zero-order chi connectivity index (χ0) is 18.0. The number of aryl methyl sites for hydroxylation is 2. The maximum absolute atomic E-state index is 12.6. The summed E-state index contributed by atoms with van der Waals surface area (Å²) >= 11 is 0. The lowest BCUT2D eigenvalue weighted by Gasteiger charge is -2.30. The van der Waals surface area contributed by atoms with E-state index in [4.69, 9.17) is 0 Å². The van der Waals surface area contributed by atoms with Crippen molar-refractivity contribution in [3.63, 3.8) is 0 Å². The van der Waals surface area contributed by atoms with E-state index in [-0.39, 0.29) is 23.4 Å². The number of amides is 1. The van der Waals surface area contributed by atoms with Crippen molar-refractivity contribution in [2.45, 2.75) is 31.7 Å². The minimum atomic E-state index is -3.64. The number of piperidine rings is 1. The lowest BCUT2D eigenvalue weighted by atomic mass is 9.98. The molecule has 1 amide bonds. The number of nitrogens with zero attached hydrogens (tertiary/aromatic N) is 2. The molecule has 1 aromatic carbocycles. The average Bonchev–Trinajstić information content (AvgIpc) is 3.13. The molecule has 25 heavy (non-hydrogen) atoms. The molecule has 1 aliphatic heterocycles. The number of sulfonamides is 1. The topological polar surface area (TPSA) is 95.2 Å². The first-order valence-electron chi connectivity index (χ1n) is 8.24. The summed E-state index contributed by atoms with van der Waals surface area (Å²) in [5.41, 5.74) is 2.82. The van der Waals surface area contributed by atoms with E-state index >= 15 is 0 Å². The first kappa shape index (κ1) is 17.6. The van der Waals surface area contributed by atoms with E-state index in [9.17, 15) is 13.2 Å². The molecule has 1 fully saturated rings. The fraction of sp³-hybridized carbons (Fsp3) is 0.412. The Labute approximate surface area is 147 Å². The predicted octanol–water partition coefficient (Wildman–Crippen LogP) is 2.07. The van der Waals surface area contributed by atoms with Gasteiger partial charge in [-0.2, -0.15) is 4.31 Å². The van der Waals surface area contributed by atoms with Gasteiger partial charge in [-0.15, -0.1) is 0 Å². The third kappa shape index (κ3) is 3.74. The Balaban J connectivity index is 1.73. The Morgan fingerprint density at radius 1 is 1.36 bits per heavy atom. The van der Waals surface area contributed by atoms with Crippen LogP contribution in [0.4, 0.5) is 5.69 Å². The Morgan fingerprint density at radius 3 is 2.88 bits per heavy atom. The van der Waals surface area contributed by atoms with Gasteiger partial charge in [-0.3, -0.25) is 4.79 Å². The number of aromatic amines is 1. The highest BCUT2D eigenvalue weighted by molar-refractivity contribution is 7.89. The second-order valence-electron chi connectivity index (χ2n) is 6.43. The quantitative estimate of drug-likeness (QED) is 0.870. The normalized spacial score (nSPS) is 18.9. The summed E-state index contributed by atoms with van der Waals surface area (Å²) in [4.78, 5) is 19.0. The van der Waals surface area contributed by atoms with Crippen LogP contribution >= 0.6 is 0 Å². The van der Waals surface area contributed by atoms with Crippen molar-refractivity contribution in [2.75, 3.05) is 18.4 Å². The fourth-order valence-electron chi connectivity index (χ4n) is 3.00. The number of aromatic nitrogens is 2. The molecule has 0 unspecified atom stereocenters. The summed E-state index contributed by atoms with van der Waals surface area (Å²) in [5.74, 6) is -0.510. The summed E-state index contributed by atoms with van der Waals surface area (Å²) in [5, 5.41) is 3.01. The van der Waals surface area contributed by atoms with Gasteiger partial charge in [0.1, 0.15) is 0 Å². The van der Waals surface area contributed by atoms with Crippen LogP contribution in [0.1, 0.15) is 24.0 Å². The number of imidazole rings is 1. The number of hydrogen-bond acceptors (Lipinski definition) is 4. The molecular weight excluding hydrogens is 340 g/mol. The number of hydrogen-bond donors (Lipinski definition) is 2. The molecule has 0 bridgehead atoms. The standard InChI is InChI=1S/C17H22N4O3S/c1-12-5-6-13(2)15(8-12)20-17(22)14-4-3-7-21(10-14)25(23,24)16-9-18-11-19-16/h5-6,8-9,11,14H,3-4,7,10H2,1-2H3,(H,18,19)(H,20,22)/t14-/m1/s1. The van der Waals surface area contributed by atoms with E-state index in [1.165, 1.54) is 16.8 Å². The van der Waals surface area contributed by atoms with Crippen LogP contribution in [-0.2, 0) is 14.8 Å². The van der Waals surface area contributed by atoms with Gasteiger partial charge in [-0.1, -0.05) is 12.1 Å². The molecule has 2 heterocycles. The molecule has 1 aromatic heterocycles. The monoisotopic (exact) mass is 362 g/mol. The summed E-state index contributed by atoms with van der Waals surface area (Å²) in [6.45, 7) is 4.49. The van der Waals surface area contributed by atoms with E-state index in [0.29, 0.717) is 19.4 Å². The largest absolute Gasteiger partial charge is 0.335 e. The minimum Gasteiger partial charge on any atom is -0.335 e. The van der Waals surface area contributed by atoms with Gasteiger partial charge in [0.15, 0.2) is 5.03 Å². The lowest BCUT2D eigenvalue weighted by molar-refractivity contribution is -0.120. The number of carbonyl (C=O) groups is 1. The molecular formula is C17H22N4O3S. The molecule has 2 N–H and O–H groups in total. The number of rotatable bonds is 4. The zero-order valence-electron chi connectivity index (χ0n) is 14.3. The third-order valence-corrected chi connectivity index (χ3v) is 6.29. The average molecular weight is 362 g/mol. The number of H-pyrrole nitrogens is 1. The molecule has 7 nitrogen and oxygen atoms in total. The van der Waals surface area contributed by atoms with Crippen molar-refractivity contribution < 1.29 is 13.2 Å². The molecule has 0 aliphatic carbocycles. The van der Waals surface area contributed by atoms with Crippen molar-refractivity contribution >= 4 is 21.6 Å². The Kier molecular flexibility index (Phi) is 4.91. The van der Waals surface area contributed by atoms with Gasteiger partial charge >= 0.3 is 0 Å². The fourth-order valence-corrected chi connectivity index (χ4v) is 4.42. The molecule has 0 saturated carbocycles. The van der Waals surface area contributed by atoms with Crippen LogP contribution in [0.25, 0.3) is 0 Å². The van der Waals surface area contributed by atoms with Gasteiger partial charge in [-0.25, -0.2) is 13.4 Å². The number of carbonyl (C=O) groups excluding carboxylic acids is 1. The molecule has 8 heteroatoms. The minimum absolute atomic E-state index is 0.0584. The van der Waals surface area contributed by atoms with Crippen molar-refractivity contribution in [3.05, 3.63) is 41.9 Å². The summed E-state index contributed by atoms with van der Waals surface area (Å²) in [7, 11) is -3.64. The van der Waals surface area contributed by atoms with Crippen LogP contribution in [0, 0.1) is 19.8 Å². The van der Waals surface area contributed by atoms with Crippen molar-refractivity contribution in [3.8, 4) is 0 Å². The highest BCUT2D eigenvalue weighted by Gasteiger charge is 2.34. The summed E-state index contributed by atoms with van der Waals surface area (Å²) in [6, 6.07) is 5.88. The van der Waals surface area contributed by atoms with Crippen LogP contribution in [0.3, 0.4) is 0 Å².